The van der Waals surface area contributed by atoms with Gasteiger partial charge in [0.05, 0.1) is 19.3 Å². The van der Waals surface area contributed by atoms with Gasteiger partial charge in [-0.3, -0.25) is 10.1 Å². The maximum Gasteiger partial charge on any atom is 0.261 e. The van der Waals surface area contributed by atoms with Crippen LogP contribution in [0.15, 0.2) is 77.3 Å². The molecule has 2 N–H and O–H groups in total. The summed E-state index contributed by atoms with van der Waals surface area (Å²) < 4.78 is 11.9. The molecule has 31 heavy (non-hydrogen) atoms. The molecule has 0 aliphatic rings. The second kappa shape index (κ2) is 11.5. The molecule has 0 radical (unpaired) electrons. The van der Waals surface area contributed by atoms with E-state index in [2.05, 4.69) is 38.7 Å². The van der Waals surface area contributed by atoms with Crippen molar-refractivity contribution in [3.63, 3.8) is 0 Å². The second-order valence-corrected chi connectivity index (χ2v) is 8.04. The minimum Gasteiger partial charge on any atom is -0.496 e. The Balaban J connectivity index is 1.51. The zero-order valence-electron chi connectivity index (χ0n) is 17.1. The van der Waals surface area contributed by atoms with Crippen molar-refractivity contribution in [3.05, 3.63) is 88.4 Å². The molecule has 7 heteroatoms. The zero-order chi connectivity index (χ0) is 22.1. The summed E-state index contributed by atoms with van der Waals surface area (Å²) in [7, 11) is 1.52. The number of anilines is 1. The predicted octanol–water partition coefficient (Wildman–Crippen LogP) is 5.60. The number of aryl methyl sites for hydroxylation is 1. The molecule has 3 rings (SSSR count). The van der Waals surface area contributed by atoms with Crippen molar-refractivity contribution in [3.8, 4) is 11.5 Å². The fourth-order valence-electron chi connectivity index (χ4n) is 2.97. The number of carbonyl (C=O) groups excluding carboxylic acids is 1. The van der Waals surface area contributed by atoms with Crippen LogP contribution >= 0.6 is 28.1 Å². The molecule has 5 nitrogen and oxygen atoms in total. The number of hydrogen-bond donors (Lipinski definition) is 2. The van der Waals surface area contributed by atoms with E-state index >= 15 is 0 Å². The number of hydrogen-bond acceptors (Lipinski definition) is 4. The number of methoxy groups -OCH3 is 1. The normalized spacial score (nSPS) is 10.3. The van der Waals surface area contributed by atoms with Gasteiger partial charge >= 0.3 is 0 Å². The number of benzene rings is 3. The van der Waals surface area contributed by atoms with Crippen molar-refractivity contribution in [2.24, 2.45) is 0 Å². The van der Waals surface area contributed by atoms with Crippen molar-refractivity contribution in [1.82, 2.24) is 5.32 Å². The first-order chi connectivity index (χ1) is 15.0. The van der Waals surface area contributed by atoms with Gasteiger partial charge in [0.15, 0.2) is 5.11 Å². The van der Waals surface area contributed by atoms with E-state index in [1.54, 1.807) is 18.2 Å². The highest BCUT2D eigenvalue weighted by Crippen LogP contribution is 2.23. The number of halogens is 1. The van der Waals surface area contributed by atoms with Gasteiger partial charge in [0, 0.05) is 16.2 Å². The van der Waals surface area contributed by atoms with Gasteiger partial charge in [-0.05, 0) is 61.0 Å². The van der Waals surface area contributed by atoms with Crippen LogP contribution in [0.3, 0.4) is 0 Å². The molecule has 160 valence electrons. The second-order valence-electron chi connectivity index (χ2n) is 6.72. The number of amides is 1. The van der Waals surface area contributed by atoms with E-state index in [1.807, 2.05) is 42.5 Å². The van der Waals surface area contributed by atoms with E-state index in [1.165, 1.54) is 12.7 Å². The smallest absolute Gasteiger partial charge is 0.261 e. The molecule has 0 saturated heterocycles. The van der Waals surface area contributed by atoms with Crippen molar-refractivity contribution in [2.45, 2.75) is 12.8 Å². The van der Waals surface area contributed by atoms with E-state index < -0.39 is 0 Å². The van der Waals surface area contributed by atoms with E-state index in [0.29, 0.717) is 17.9 Å². The lowest BCUT2D eigenvalue weighted by molar-refractivity contribution is 0.0974. The highest BCUT2D eigenvalue weighted by Gasteiger charge is 2.14. The first-order valence-corrected chi connectivity index (χ1v) is 11.0. The van der Waals surface area contributed by atoms with E-state index in [4.69, 9.17) is 21.7 Å². The fourth-order valence-corrected chi connectivity index (χ4v) is 3.54. The van der Waals surface area contributed by atoms with Gasteiger partial charge in [0.25, 0.3) is 5.91 Å². The summed E-state index contributed by atoms with van der Waals surface area (Å²) >= 11 is 8.65. The van der Waals surface area contributed by atoms with Gasteiger partial charge in [-0.2, -0.15) is 0 Å². The Hall–Kier alpha value is -2.90. The average Bonchev–Trinajstić information content (AvgIpc) is 2.77. The third-order valence-corrected chi connectivity index (χ3v) is 5.14. The van der Waals surface area contributed by atoms with Gasteiger partial charge in [0.2, 0.25) is 0 Å². The van der Waals surface area contributed by atoms with Crippen LogP contribution in [0.4, 0.5) is 5.69 Å². The molecule has 3 aromatic rings. The highest BCUT2D eigenvalue weighted by molar-refractivity contribution is 9.10. The number of nitrogens with one attached hydrogen (secondary N) is 2. The predicted molar refractivity (Wildman–Crippen MR) is 131 cm³/mol. The molecule has 0 atom stereocenters. The van der Waals surface area contributed by atoms with Gasteiger partial charge in [-0.1, -0.05) is 52.3 Å². The van der Waals surface area contributed by atoms with E-state index in [0.717, 1.165) is 28.8 Å². The maximum atomic E-state index is 12.6. The Labute approximate surface area is 195 Å². The molecule has 0 unspecified atom stereocenters. The molecule has 0 bridgehead atoms. The summed E-state index contributed by atoms with van der Waals surface area (Å²) in [5, 5.41) is 5.88. The van der Waals surface area contributed by atoms with Crippen LogP contribution in [-0.4, -0.2) is 24.7 Å². The molecule has 0 heterocycles. The van der Waals surface area contributed by atoms with Crippen LogP contribution in [0.5, 0.6) is 11.5 Å². The lowest BCUT2D eigenvalue weighted by Crippen LogP contribution is -2.34. The highest BCUT2D eigenvalue weighted by atomic mass is 79.9. The first kappa shape index (κ1) is 22.8. The molecule has 1 amide bonds. The van der Waals surface area contributed by atoms with Crippen LogP contribution in [0.25, 0.3) is 0 Å². The topological polar surface area (TPSA) is 59.6 Å². The van der Waals surface area contributed by atoms with E-state index in [-0.39, 0.29) is 11.0 Å². The minimum absolute atomic E-state index is 0.188. The van der Waals surface area contributed by atoms with Crippen LogP contribution in [-0.2, 0) is 6.42 Å². The summed E-state index contributed by atoms with van der Waals surface area (Å²) in [4.78, 5) is 12.6. The Morgan fingerprint density at radius 2 is 1.84 bits per heavy atom. The average molecular weight is 499 g/mol. The Bertz CT molecular complexity index is 1040. The monoisotopic (exact) mass is 498 g/mol. The third-order valence-electron chi connectivity index (χ3n) is 4.45. The standard InChI is InChI=1S/C24H23BrN2O3S/c1-29-22-13-12-18(25)15-21(22)23(28)27-24(31)26-19-10-5-11-20(16-19)30-14-6-9-17-7-3-2-4-8-17/h2-5,7-8,10-13,15-16H,6,9,14H2,1H3,(H2,26,27,28,31). The molecule has 0 aliphatic heterocycles. The van der Waals surface area contributed by atoms with Crippen molar-refractivity contribution in [2.75, 3.05) is 19.0 Å². The van der Waals surface area contributed by atoms with Gasteiger partial charge in [0.1, 0.15) is 11.5 Å². The van der Waals surface area contributed by atoms with Crippen LogP contribution in [0.1, 0.15) is 22.3 Å². The maximum absolute atomic E-state index is 12.6. The molecule has 0 spiro atoms. The summed E-state index contributed by atoms with van der Waals surface area (Å²) in [5.74, 6) is 0.846. The Morgan fingerprint density at radius 1 is 1.03 bits per heavy atom. The minimum atomic E-state index is -0.357. The van der Waals surface area contributed by atoms with Crippen LogP contribution < -0.4 is 20.1 Å². The number of carbonyl (C=O) groups is 1. The lowest BCUT2D eigenvalue weighted by atomic mass is 10.1. The number of thiocarbonyl (C=S) groups is 1. The lowest BCUT2D eigenvalue weighted by Gasteiger charge is -2.13. The van der Waals surface area contributed by atoms with Crippen molar-refractivity contribution in [1.29, 1.82) is 0 Å². The number of ether oxygens (including phenoxy) is 2. The molecule has 0 aromatic heterocycles. The van der Waals surface area contributed by atoms with Crippen LogP contribution in [0, 0.1) is 0 Å². The summed E-state index contributed by atoms with van der Waals surface area (Å²) in [6.07, 6.45) is 1.89. The Kier molecular flexibility index (Phi) is 8.44. The van der Waals surface area contributed by atoms with E-state index in [9.17, 15) is 4.79 Å². The van der Waals surface area contributed by atoms with Crippen molar-refractivity contribution < 1.29 is 14.3 Å². The van der Waals surface area contributed by atoms with Gasteiger partial charge < -0.3 is 14.8 Å². The van der Waals surface area contributed by atoms with Gasteiger partial charge in [-0.15, -0.1) is 0 Å². The largest absolute Gasteiger partial charge is 0.496 e. The molecular weight excluding hydrogens is 476 g/mol. The molecule has 0 saturated carbocycles. The molecule has 0 aliphatic carbocycles. The SMILES string of the molecule is COc1ccc(Br)cc1C(=O)NC(=S)Nc1cccc(OCCCc2ccccc2)c1. The molecular formula is C24H23BrN2O3S. The summed E-state index contributed by atoms with van der Waals surface area (Å²) in [6, 6.07) is 23.0. The van der Waals surface area contributed by atoms with Crippen molar-refractivity contribution >= 4 is 44.9 Å². The zero-order valence-corrected chi connectivity index (χ0v) is 19.5. The molecule has 3 aromatic carbocycles. The van der Waals surface area contributed by atoms with Crippen LogP contribution in [0.2, 0.25) is 0 Å². The summed E-state index contributed by atoms with van der Waals surface area (Å²) in [5.41, 5.74) is 2.41. The first-order valence-electron chi connectivity index (χ1n) is 9.78. The van der Waals surface area contributed by atoms with Gasteiger partial charge in [-0.25, -0.2) is 0 Å². The Morgan fingerprint density at radius 3 is 2.61 bits per heavy atom. The molecule has 0 fully saturated rings. The third kappa shape index (κ3) is 7.08. The fraction of sp³-hybridized carbons (Fsp3) is 0.167. The number of rotatable bonds is 8. The quantitative estimate of drug-likeness (QED) is 0.312. The summed E-state index contributed by atoms with van der Waals surface area (Å²) in [6.45, 7) is 0.613.